The predicted molar refractivity (Wildman–Crippen MR) is 73.5 cm³/mol. The van der Waals surface area contributed by atoms with Gasteiger partial charge in [-0.15, -0.1) is 0 Å². The lowest BCUT2D eigenvalue weighted by atomic mass is 10.3. The molecule has 0 aliphatic rings. The van der Waals surface area contributed by atoms with Crippen molar-refractivity contribution < 1.29 is 4.74 Å². The van der Waals surface area contributed by atoms with E-state index in [9.17, 15) is 0 Å². The molecule has 0 unspecified atom stereocenters. The highest BCUT2D eigenvalue weighted by Crippen LogP contribution is 2.10. The second-order valence-corrected chi connectivity index (χ2v) is 4.88. The third kappa shape index (κ3) is 3.51. The van der Waals surface area contributed by atoms with Gasteiger partial charge >= 0.3 is 0 Å². The highest BCUT2D eigenvalue weighted by atomic mass is 79.9. The van der Waals surface area contributed by atoms with Crippen molar-refractivity contribution in [3.63, 3.8) is 0 Å². The van der Waals surface area contributed by atoms with E-state index in [2.05, 4.69) is 31.2 Å². The minimum absolute atomic E-state index is 0.810. The van der Waals surface area contributed by atoms with E-state index in [1.807, 2.05) is 16.8 Å². The Balaban J connectivity index is 1.86. The molecule has 0 spiro atoms. The first kappa shape index (κ1) is 13.5. The van der Waals surface area contributed by atoms with Crippen molar-refractivity contribution in [1.29, 1.82) is 0 Å². The summed E-state index contributed by atoms with van der Waals surface area (Å²) in [6.45, 7) is 2.63. The second-order valence-electron chi connectivity index (χ2n) is 4.06. The highest BCUT2D eigenvalue weighted by Gasteiger charge is 2.03. The summed E-state index contributed by atoms with van der Waals surface area (Å²) in [6, 6.07) is 0. The van der Waals surface area contributed by atoms with E-state index in [4.69, 9.17) is 4.74 Å². The van der Waals surface area contributed by atoms with E-state index in [0.29, 0.717) is 0 Å². The largest absolute Gasteiger partial charge is 0.385 e. The summed E-state index contributed by atoms with van der Waals surface area (Å²) in [5, 5.41) is 3.41. The van der Waals surface area contributed by atoms with Gasteiger partial charge in [-0.1, -0.05) is 0 Å². The minimum atomic E-state index is 0.810. The molecule has 0 aliphatic carbocycles. The van der Waals surface area contributed by atoms with Crippen LogP contribution in [0.1, 0.15) is 18.5 Å². The van der Waals surface area contributed by atoms with Gasteiger partial charge in [-0.25, -0.2) is 9.97 Å². The Hall–Kier alpha value is -0.980. The molecule has 0 radical (unpaired) electrons. The summed E-state index contributed by atoms with van der Waals surface area (Å²) in [5.74, 6) is 0. The number of hydrogen-bond donors (Lipinski definition) is 1. The molecule has 1 N–H and O–H groups in total. The van der Waals surface area contributed by atoms with E-state index in [-0.39, 0.29) is 0 Å². The molecule has 6 heteroatoms. The Bertz CT molecular complexity index is 500. The Morgan fingerprint density at radius 2 is 2.22 bits per heavy atom. The fourth-order valence-corrected chi connectivity index (χ4v) is 2.07. The van der Waals surface area contributed by atoms with Crippen molar-refractivity contribution in [3.8, 4) is 0 Å². The van der Waals surface area contributed by atoms with Gasteiger partial charge in [0.05, 0.1) is 18.1 Å². The molecule has 0 amide bonds. The number of nitrogens with one attached hydrogen (secondary N) is 1. The highest BCUT2D eigenvalue weighted by molar-refractivity contribution is 9.10. The fourth-order valence-electron chi connectivity index (χ4n) is 1.76. The predicted octanol–water partition coefficient (Wildman–Crippen LogP) is 2.01. The average Bonchev–Trinajstić information content (AvgIpc) is 2.76. The van der Waals surface area contributed by atoms with Crippen molar-refractivity contribution in [2.45, 2.75) is 19.4 Å². The maximum absolute atomic E-state index is 5.01. The first-order valence-electron chi connectivity index (χ1n) is 5.98. The molecule has 18 heavy (non-hydrogen) atoms. The number of fused-ring (bicyclic) bond motifs is 1. The first-order valence-corrected chi connectivity index (χ1v) is 6.77. The van der Waals surface area contributed by atoms with Crippen LogP contribution in [-0.2, 0) is 11.3 Å². The van der Waals surface area contributed by atoms with Crippen molar-refractivity contribution in [2.24, 2.45) is 0 Å². The minimum Gasteiger partial charge on any atom is -0.385 e. The van der Waals surface area contributed by atoms with Gasteiger partial charge < -0.3 is 10.1 Å². The summed E-state index contributed by atoms with van der Waals surface area (Å²) in [7, 11) is 1.73. The smallest absolute Gasteiger partial charge is 0.155 e. The first-order chi connectivity index (χ1) is 8.81. The lowest BCUT2D eigenvalue weighted by Crippen LogP contribution is -2.16. The van der Waals surface area contributed by atoms with Crippen LogP contribution in [0.2, 0.25) is 0 Å². The zero-order chi connectivity index (χ0) is 12.8. The van der Waals surface area contributed by atoms with Crippen molar-refractivity contribution in [3.05, 3.63) is 28.9 Å². The second kappa shape index (κ2) is 6.82. The monoisotopic (exact) mass is 312 g/mol. The number of methoxy groups -OCH3 is 1. The van der Waals surface area contributed by atoms with E-state index >= 15 is 0 Å². The molecule has 0 aliphatic heterocycles. The van der Waals surface area contributed by atoms with Crippen LogP contribution in [0.25, 0.3) is 5.65 Å². The molecule has 98 valence electrons. The molecular weight excluding hydrogens is 296 g/mol. The summed E-state index contributed by atoms with van der Waals surface area (Å²) in [5.41, 5.74) is 2.01. The van der Waals surface area contributed by atoms with E-state index in [1.165, 1.54) is 0 Å². The number of rotatable bonds is 7. The number of unbranched alkanes of at least 4 members (excludes halogenated alkanes) is 1. The molecule has 0 saturated heterocycles. The standard InChI is InChI=1S/C12H17BrN4O/c1-18-5-3-2-4-14-6-10-7-16-12-8-15-11(13)9-17(10)12/h7-9,14H,2-6H2,1H3. The van der Waals surface area contributed by atoms with Crippen LogP contribution >= 0.6 is 15.9 Å². The molecule has 2 heterocycles. The lowest BCUT2D eigenvalue weighted by molar-refractivity contribution is 0.192. The summed E-state index contributed by atoms with van der Waals surface area (Å²) in [6.07, 6.45) is 7.78. The van der Waals surface area contributed by atoms with Crippen molar-refractivity contribution >= 4 is 21.6 Å². The third-order valence-corrected chi connectivity index (χ3v) is 3.11. The quantitative estimate of drug-likeness (QED) is 0.795. The Labute approximate surface area is 115 Å². The van der Waals surface area contributed by atoms with Gasteiger partial charge in [-0.05, 0) is 35.3 Å². The van der Waals surface area contributed by atoms with E-state index in [0.717, 1.165) is 48.5 Å². The van der Waals surface area contributed by atoms with Gasteiger partial charge in [0.1, 0.15) is 4.60 Å². The van der Waals surface area contributed by atoms with Crippen LogP contribution < -0.4 is 5.32 Å². The molecule has 0 saturated carbocycles. The molecule has 2 rings (SSSR count). The van der Waals surface area contributed by atoms with Gasteiger partial charge in [0, 0.05) is 26.5 Å². The zero-order valence-electron chi connectivity index (χ0n) is 10.4. The fraction of sp³-hybridized carbons (Fsp3) is 0.500. The van der Waals surface area contributed by atoms with Crippen LogP contribution in [0.5, 0.6) is 0 Å². The van der Waals surface area contributed by atoms with E-state index in [1.54, 1.807) is 13.3 Å². The molecular formula is C12H17BrN4O. The maximum atomic E-state index is 5.01. The number of ether oxygens (including phenoxy) is 1. The van der Waals surface area contributed by atoms with Crippen LogP contribution in [0, 0.1) is 0 Å². The molecule has 2 aromatic rings. The summed E-state index contributed by atoms with van der Waals surface area (Å²) < 4.78 is 7.87. The Morgan fingerprint density at radius 1 is 1.33 bits per heavy atom. The zero-order valence-corrected chi connectivity index (χ0v) is 12.0. The Morgan fingerprint density at radius 3 is 3.06 bits per heavy atom. The normalized spacial score (nSPS) is 11.2. The summed E-state index contributed by atoms with van der Waals surface area (Å²) in [4.78, 5) is 8.46. The number of halogens is 1. The SMILES string of the molecule is COCCCCNCc1cnc2cnc(Br)cn12. The van der Waals surface area contributed by atoms with Gasteiger partial charge in [0.15, 0.2) is 5.65 Å². The summed E-state index contributed by atoms with van der Waals surface area (Å²) >= 11 is 3.37. The average molecular weight is 313 g/mol. The van der Waals surface area contributed by atoms with Crippen LogP contribution in [0.4, 0.5) is 0 Å². The molecule has 2 aromatic heterocycles. The molecule has 5 nitrogen and oxygen atoms in total. The number of aromatic nitrogens is 3. The molecule has 0 fully saturated rings. The van der Waals surface area contributed by atoms with E-state index < -0.39 is 0 Å². The lowest BCUT2D eigenvalue weighted by Gasteiger charge is -2.04. The van der Waals surface area contributed by atoms with Crippen molar-refractivity contribution in [1.82, 2.24) is 19.7 Å². The van der Waals surface area contributed by atoms with Crippen LogP contribution in [0.15, 0.2) is 23.2 Å². The maximum Gasteiger partial charge on any atom is 0.155 e. The van der Waals surface area contributed by atoms with Gasteiger partial charge in [-0.3, -0.25) is 4.40 Å². The molecule has 0 atom stereocenters. The number of imidazole rings is 1. The van der Waals surface area contributed by atoms with Gasteiger partial charge in [0.2, 0.25) is 0 Å². The number of hydrogen-bond acceptors (Lipinski definition) is 4. The Kier molecular flexibility index (Phi) is 5.10. The van der Waals surface area contributed by atoms with Gasteiger partial charge in [-0.2, -0.15) is 0 Å². The third-order valence-electron chi connectivity index (χ3n) is 2.70. The van der Waals surface area contributed by atoms with Crippen LogP contribution in [0.3, 0.4) is 0 Å². The van der Waals surface area contributed by atoms with Crippen LogP contribution in [-0.4, -0.2) is 34.6 Å². The van der Waals surface area contributed by atoms with Crippen molar-refractivity contribution in [2.75, 3.05) is 20.3 Å². The number of nitrogens with zero attached hydrogens (tertiary/aromatic N) is 3. The molecule has 0 aromatic carbocycles. The topological polar surface area (TPSA) is 51.5 Å². The molecule has 0 bridgehead atoms. The van der Waals surface area contributed by atoms with Gasteiger partial charge in [0.25, 0.3) is 0 Å².